The topological polar surface area (TPSA) is 87.5 Å². The van der Waals surface area contributed by atoms with Gasteiger partial charge < -0.3 is 19.5 Å². The number of aromatic nitrogens is 3. The van der Waals surface area contributed by atoms with Gasteiger partial charge in [0.1, 0.15) is 12.4 Å². The van der Waals surface area contributed by atoms with Crippen molar-refractivity contribution in [3.63, 3.8) is 0 Å². The van der Waals surface area contributed by atoms with E-state index in [4.69, 9.17) is 14.2 Å². The summed E-state index contributed by atoms with van der Waals surface area (Å²) < 4.78 is 18.1. The average Bonchev–Trinajstić information content (AvgIpc) is 3.41. The van der Waals surface area contributed by atoms with Crippen LogP contribution in [0.2, 0.25) is 0 Å². The number of ether oxygens (including phenoxy) is 3. The number of rotatable bonds is 4. The molecule has 2 aliphatic heterocycles. The highest BCUT2D eigenvalue weighted by Crippen LogP contribution is 2.42. The summed E-state index contributed by atoms with van der Waals surface area (Å²) in [6.45, 7) is 2.23. The molecule has 0 saturated carbocycles. The summed E-state index contributed by atoms with van der Waals surface area (Å²) in [5.41, 5.74) is 2.77. The Morgan fingerprint density at radius 3 is 2.86 bits per heavy atom. The molecule has 0 fully saturated rings. The minimum atomic E-state index is -0.530. The summed E-state index contributed by atoms with van der Waals surface area (Å²) >= 11 is 0. The minimum Gasteiger partial charge on any atom is -0.463 e. The molecule has 0 bridgehead atoms. The standard InChI is InChI=1S/C21H18N4O4/c1-2-27-20(26)17-18(13-6-4-3-5-7-13)24-21-22-11-23-25(21)19(17)14-8-9-15-16(10-14)29-12-28-15/h3-11,19H,2,12H2,1H3,(H,22,23,24)/t19-/m0/s1. The molecular formula is C21H18N4O4. The van der Waals surface area contributed by atoms with Crippen molar-refractivity contribution in [2.24, 2.45) is 0 Å². The van der Waals surface area contributed by atoms with E-state index in [2.05, 4.69) is 15.4 Å². The van der Waals surface area contributed by atoms with Crippen molar-refractivity contribution in [1.29, 1.82) is 0 Å². The molecule has 5 rings (SSSR count). The van der Waals surface area contributed by atoms with Crippen molar-refractivity contribution in [1.82, 2.24) is 14.8 Å². The average molecular weight is 390 g/mol. The van der Waals surface area contributed by atoms with Crippen LogP contribution in [-0.2, 0) is 9.53 Å². The van der Waals surface area contributed by atoms with E-state index in [0.29, 0.717) is 28.7 Å². The molecule has 2 aromatic carbocycles. The van der Waals surface area contributed by atoms with Gasteiger partial charge in [0.25, 0.3) is 0 Å². The summed E-state index contributed by atoms with van der Waals surface area (Å²) in [6.07, 6.45) is 1.46. The smallest absolute Gasteiger partial charge is 0.338 e. The van der Waals surface area contributed by atoms with E-state index in [1.807, 2.05) is 48.5 Å². The summed E-state index contributed by atoms with van der Waals surface area (Å²) in [7, 11) is 0. The molecule has 1 aromatic heterocycles. The van der Waals surface area contributed by atoms with Gasteiger partial charge in [-0.25, -0.2) is 9.48 Å². The molecule has 8 nitrogen and oxygen atoms in total. The number of hydrogen-bond donors (Lipinski definition) is 1. The summed E-state index contributed by atoms with van der Waals surface area (Å²) in [5.74, 6) is 1.43. The van der Waals surface area contributed by atoms with Crippen molar-refractivity contribution in [3.8, 4) is 11.5 Å². The van der Waals surface area contributed by atoms with Gasteiger partial charge in [-0.1, -0.05) is 36.4 Å². The maximum atomic E-state index is 13.1. The predicted octanol–water partition coefficient (Wildman–Crippen LogP) is 3.00. The lowest BCUT2D eigenvalue weighted by Gasteiger charge is -2.29. The number of benzene rings is 2. The monoisotopic (exact) mass is 390 g/mol. The van der Waals surface area contributed by atoms with Crippen LogP contribution in [0.3, 0.4) is 0 Å². The lowest BCUT2D eigenvalue weighted by molar-refractivity contribution is -0.138. The van der Waals surface area contributed by atoms with Gasteiger partial charge in [0, 0.05) is 0 Å². The molecule has 0 unspecified atom stereocenters. The SMILES string of the molecule is CCOC(=O)C1=C(c2ccccc2)Nc2ncnn2[C@H]1c1ccc2c(c1)OCO2. The number of hydrogen-bond acceptors (Lipinski definition) is 7. The fourth-order valence-electron chi connectivity index (χ4n) is 3.61. The molecule has 0 aliphatic carbocycles. The second-order valence-corrected chi connectivity index (χ2v) is 6.54. The van der Waals surface area contributed by atoms with E-state index in [1.54, 1.807) is 11.6 Å². The van der Waals surface area contributed by atoms with Crippen molar-refractivity contribution >= 4 is 17.6 Å². The Morgan fingerprint density at radius 2 is 2.03 bits per heavy atom. The maximum absolute atomic E-state index is 13.1. The van der Waals surface area contributed by atoms with Gasteiger partial charge in [0.15, 0.2) is 11.5 Å². The van der Waals surface area contributed by atoms with Gasteiger partial charge in [-0.3, -0.25) is 0 Å². The van der Waals surface area contributed by atoms with Crippen LogP contribution in [0.25, 0.3) is 5.70 Å². The second kappa shape index (κ2) is 6.97. The van der Waals surface area contributed by atoms with E-state index < -0.39 is 12.0 Å². The maximum Gasteiger partial charge on any atom is 0.338 e. The number of carbonyl (C=O) groups is 1. The van der Waals surface area contributed by atoms with E-state index in [0.717, 1.165) is 11.1 Å². The van der Waals surface area contributed by atoms with Crippen LogP contribution in [-0.4, -0.2) is 34.1 Å². The molecule has 0 spiro atoms. The molecule has 0 radical (unpaired) electrons. The summed E-state index contributed by atoms with van der Waals surface area (Å²) in [4.78, 5) is 17.4. The van der Waals surface area contributed by atoms with Crippen LogP contribution < -0.4 is 14.8 Å². The lowest BCUT2D eigenvalue weighted by Crippen LogP contribution is -2.30. The van der Waals surface area contributed by atoms with E-state index in [9.17, 15) is 4.79 Å². The molecule has 146 valence electrons. The van der Waals surface area contributed by atoms with Gasteiger partial charge in [0.2, 0.25) is 12.7 Å². The predicted molar refractivity (Wildman–Crippen MR) is 104 cm³/mol. The zero-order valence-electron chi connectivity index (χ0n) is 15.7. The largest absolute Gasteiger partial charge is 0.463 e. The normalized spacial score (nSPS) is 16.9. The van der Waals surface area contributed by atoms with E-state index in [1.165, 1.54) is 6.33 Å². The molecular weight excluding hydrogens is 372 g/mol. The molecule has 29 heavy (non-hydrogen) atoms. The first-order valence-corrected chi connectivity index (χ1v) is 9.29. The fraction of sp³-hybridized carbons (Fsp3) is 0.190. The van der Waals surface area contributed by atoms with Crippen LogP contribution in [0.5, 0.6) is 11.5 Å². The van der Waals surface area contributed by atoms with Gasteiger partial charge in [0.05, 0.1) is 17.9 Å². The van der Waals surface area contributed by atoms with Crippen LogP contribution in [0.1, 0.15) is 24.1 Å². The van der Waals surface area contributed by atoms with Gasteiger partial charge in [-0.15, -0.1) is 0 Å². The Labute approximate surface area is 166 Å². The minimum absolute atomic E-state index is 0.176. The van der Waals surface area contributed by atoms with Crippen LogP contribution in [0.4, 0.5) is 5.95 Å². The molecule has 1 atom stereocenters. The van der Waals surface area contributed by atoms with E-state index in [-0.39, 0.29) is 13.4 Å². The third-order valence-electron chi connectivity index (χ3n) is 4.87. The third-order valence-corrected chi connectivity index (χ3v) is 4.87. The van der Waals surface area contributed by atoms with Crippen molar-refractivity contribution in [3.05, 3.63) is 71.6 Å². The first-order valence-electron chi connectivity index (χ1n) is 9.29. The zero-order chi connectivity index (χ0) is 19.8. The molecule has 0 saturated heterocycles. The first-order chi connectivity index (χ1) is 14.3. The third kappa shape index (κ3) is 2.89. The van der Waals surface area contributed by atoms with E-state index >= 15 is 0 Å². The first kappa shape index (κ1) is 17.3. The van der Waals surface area contributed by atoms with Crippen molar-refractivity contribution < 1.29 is 19.0 Å². The quantitative estimate of drug-likeness (QED) is 0.685. The Morgan fingerprint density at radius 1 is 1.21 bits per heavy atom. The van der Waals surface area contributed by atoms with Gasteiger partial charge >= 0.3 is 5.97 Å². The molecule has 1 N–H and O–H groups in total. The zero-order valence-corrected chi connectivity index (χ0v) is 15.7. The number of carbonyl (C=O) groups excluding carboxylic acids is 1. The van der Waals surface area contributed by atoms with Crippen LogP contribution >= 0.6 is 0 Å². The second-order valence-electron chi connectivity index (χ2n) is 6.54. The highest BCUT2D eigenvalue weighted by atomic mass is 16.7. The molecule has 3 heterocycles. The number of nitrogens with one attached hydrogen (secondary N) is 1. The van der Waals surface area contributed by atoms with Crippen LogP contribution in [0, 0.1) is 0 Å². The van der Waals surface area contributed by atoms with Crippen LogP contribution in [0.15, 0.2) is 60.4 Å². The van der Waals surface area contributed by atoms with Crippen molar-refractivity contribution in [2.45, 2.75) is 13.0 Å². The number of fused-ring (bicyclic) bond motifs is 2. The molecule has 8 heteroatoms. The molecule has 0 amide bonds. The molecule has 2 aliphatic rings. The number of nitrogens with zero attached hydrogens (tertiary/aromatic N) is 3. The Balaban J connectivity index is 1.73. The number of anilines is 1. The summed E-state index contributed by atoms with van der Waals surface area (Å²) in [6, 6.07) is 14.7. The number of esters is 1. The van der Waals surface area contributed by atoms with Gasteiger partial charge in [-0.05, 0) is 30.2 Å². The Bertz CT molecular complexity index is 1110. The molecule has 3 aromatic rings. The fourth-order valence-corrected chi connectivity index (χ4v) is 3.61. The Kier molecular flexibility index (Phi) is 4.16. The lowest BCUT2D eigenvalue weighted by atomic mass is 9.92. The summed E-state index contributed by atoms with van der Waals surface area (Å²) in [5, 5.41) is 7.60. The van der Waals surface area contributed by atoms with Crippen molar-refractivity contribution in [2.75, 3.05) is 18.7 Å². The highest BCUT2D eigenvalue weighted by molar-refractivity contribution is 6.02. The highest BCUT2D eigenvalue weighted by Gasteiger charge is 2.36. The van der Waals surface area contributed by atoms with Gasteiger partial charge in [-0.2, -0.15) is 10.1 Å². The Hall–Kier alpha value is -3.81.